The number of morpholine rings is 1. The van der Waals surface area contributed by atoms with Gasteiger partial charge in [-0.1, -0.05) is 36.8 Å². The SMILES string of the molecule is CC[C@@H](Cc1ccc(C)cc1)NC(=O)N1CCO[C@@H](COC)C1. The number of carbonyl (C=O) groups is 1. The van der Waals surface area contributed by atoms with Gasteiger partial charge < -0.3 is 19.7 Å². The van der Waals surface area contributed by atoms with Crippen LogP contribution in [0, 0.1) is 6.92 Å². The Kier molecular flexibility index (Phi) is 6.86. The van der Waals surface area contributed by atoms with Crippen LogP contribution in [0.5, 0.6) is 0 Å². The van der Waals surface area contributed by atoms with Crippen molar-refractivity contribution in [3.63, 3.8) is 0 Å². The molecule has 2 rings (SSSR count). The van der Waals surface area contributed by atoms with Gasteiger partial charge in [0.25, 0.3) is 0 Å². The van der Waals surface area contributed by atoms with Gasteiger partial charge in [0.15, 0.2) is 0 Å². The zero-order chi connectivity index (χ0) is 16.7. The minimum atomic E-state index is -0.0309. The van der Waals surface area contributed by atoms with Gasteiger partial charge in [-0.15, -0.1) is 0 Å². The second-order valence-electron chi connectivity index (χ2n) is 6.14. The van der Waals surface area contributed by atoms with E-state index in [0.29, 0.717) is 26.3 Å². The summed E-state index contributed by atoms with van der Waals surface area (Å²) in [6.07, 6.45) is 1.73. The molecule has 1 aliphatic rings. The van der Waals surface area contributed by atoms with E-state index in [4.69, 9.17) is 9.47 Å². The summed E-state index contributed by atoms with van der Waals surface area (Å²) in [5.41, 5.74) is 2.50. The van der Waals surface area contributed by atoms with Gasteiger partial charge in [-0.25, -0.2) is 4.79 Å². The highest BCUT2D eigenvalue weighted by Crippen LogP contribution is 2.10. The van der Waals surface area contributed by atoms with Gasteiger partial charge in [0.1, 0.15) is 0 Å². The van der Waals surface area contributed by atoms with Gasteiger partial charge in [-0.05, 0) is 25.3 Å². The summed E-state index contributed by atoms with van der Waals surface area (Å²) in [6, 6.07) is 8.63. The fourth-order valence-electron chi connectivity index (χ4n) is 2.76. The Morgan fingerprint density at radius 3 is 2.83 bits per heavy atom. The van der Waals surface area contributed by atoms with E-state index in [1.807, 2.05) is 4.90 Å². The predicted molar refractivity (Wildman–Crippen MR) is 90.7 cm³/mol. The molecule has 0 aromatic heterocycles. The third-order valence-corrected chi connectivity index (χ3v) is 4.20. The molecule has 1 saturated heterocycles. The fraction of sp³-hybridized carbons (Fsp3) is 0.611. The third kappa shape index (κ3) is 5.52. The topological polar surface area (TPSA) is 50.8 Å². The number of hydrogen-bond donors (Lipinski definition) is 1. The van der Waals surface area contributed by atoms with E-state index in [1.54, 1.807) is 7.11 Å². The van der Waals surface area contributed by atoms with E-state index >= 15 is 0 Å². The van der Waals surface area contributed by atoms with Gasteiger partial charge in [0, 0.05) is 19.7 Å². The lowest BCUT2D eigenvalue weighted by atomic mass is 10.0. The molecule has 0 unspecified atom stereocenters. The van der Waals surface area contributed by atoms with Gasteiger partial charge in [0.2, 0.25) is 0 Å². The van der Waals surface area contributed by atoms with Crippen LogP contribution >= 0.6 is 0 Å². The van der Waals surface area contributed by atoms with Crippen molar-refractivity contribution in [2.24, 2.45) is 0 Å². The quantitative estimate of drug-likeness (QED) is 0.875. The molecule has 1 heterocycles. The van der Waals surface area contributed by atoms with E-state index in [-0.39, 0.29) is 18.2 Å². The molecular formula is C18H28N2O3. The zero-order valence-corrected chi connectivity index (χ0v) is 14.4. The van der Waals surface area contributed by atoms with Gasteiger partial charge in [-0.2, -0.15) is 0 Å². The molecule has 1 aromatic carbocycles. The number of ether oxygens (including phenoxy) is 2. The van der Waals surface area contributed by atoms with Crippen LogP contribution in [-0.2, 0) is 15.9 Å². The highest BCUT2D eigenvalue weighted by molar-refractivity contribution is 5.74. The Morgan fingerprint density at radius 1 is 1.43 bits per heavy atom. The number of nitrogens with one attached hydrogen (secondary N) is 1. The number of amides is 2. The molecule has 0 aliphatic carbocycles. The third-order valence-electron chi connectivity index (χ3n) is 4.20. The second kappa shape index (κ2) is 8.89. The summed E-state index contributed by atoms with van der Waals surface area (Å²) in [7, 11) is 1.65. The summed E-state index contributed by atoms with van der Waals surface area (Å²) in [5.74, 6) is 0. The first-order valence-corrected chi connectivity index (χ1v) is 8.34. The van der Waals surface area contributed by atoms with Gasteiger partial charge in [0.05, 0.1) is 25.9 Å². The molecule has 128 valence electrons. The lowest BCUT2D eigenvalue weighted by Gasteiger charge is -2.33. The molecule has 0 saturated carbocycles. The van der Waals surface area contributed by atoms with Gasteiger partial charge >= 0.3 is 6.03 Å². The van der Waals surface area contributed by atoms with E-state index in [2.05, 4.69) is 43.4 Å². The van der Waals surface area contributed by atoms with Crippen LogP contribution in [0.2, 0.25) is 0 Å². The molecule has 1 aromatic rings. The highest BCUT2D eigenvalue weighted by Gasteiger charge is 2.25. The Bertz CT molecular complexity index is 488. The van der Waals surface area contributed by atoms with Crippen LogP contribution in [0.25, 0.3) is 0 Å². The number of urea groups is 1. The van der Waals surface area contributed by atoms with Crippen molar-refractivity contribution in [3.8, 4) is 0 Å². The van der Waals surface area contributed by atoms with Crippen molar-refractivity contribution in [1.82, 2.24) is 10.2 Å². The summed E-state index contributed by atoms with van der Waals surface area (Å²) >= 11 is 0. The average molecular weight is 320 g/mol. The smallest absolute Gasteiger partial charge is 0.317 e. The van der Waals surface area contributed by atoms with Crippen molar-refractivity contribution >= 4 is 6.03 Å². The van der Waals surface area contributed by atoms with Crippen LogP contribution in [0.4, 0.5) is 4.79 Å². The highest BCUT2D eigenvalue weighted by atomic mass is 16.5. The van der Waals surface area contributed by atoms with Crippen LogP contribution < -0.4 is 5.32 Å². The molecule has 0 radical (unpaired) electrons. The van der Waals surface area contributed by atoms with Crippen molar-refractivity contribution < 1.29 is 14.3 Å². The summed E-state index contributed by atoms with van der Waals surface area (Å²) in [5, 5.41) is 3.15. The number of carbonyl (C=O) groups excluding carboxylic acids is 1. The average Bonchev–Trinajstić information content (AvgIpc) is 2.56. The molecule has 2 amide bonds. The number of nitrogens with zero attached hydrogens (tertiary/aromatic N) is 1. The van der Waals surface area contributed by atoms with Crippen LogP contribution in [0.1, 0.15) is 24.5 Å². The first-order chi connectivity index (χ1) is 11.1. The number of benzene rings is 1. The lowest BCUT2D eigenvalue weighted by Crippen LogP contribution is -2.52. The minimum Gasteiger partial charge on any atom is -0.382 e. The maximum Gasteiger partial charge on any atom is 0.317 e. The minimum absolute atomic E-state index is 0.00614. The number of aryl methyl sites for hydroxylation is 1. The Morgan fingerprint density at radius 2 is 2.17 bits per heavy atom. The first kappa shape index (κ1) is 17.8. The van der Waals surface area contributed by atoms with E-state index in [1.165, 1.54) is 11.1 Å². The Balaban J connectivity index is 1.87. The molecule has 2 atom stereocenters. The van der Waals surface area contributed by atoms with Crippen LogP contribution in [-0.4, -0.2) is 56.5 Å². The Labute approximate surface area is 139 Å². The zero-order valence-electron chi connectivity index (χ0n) is 14.4. The van der Waals surface area contributed by atoms with Gasteiger partial charge in [-0.3, -0.25) is 0 Å². The van der Waals surface area contributed by atoms with Crippen LogP contribution in [0.3, 0.4) is 0 Å². The molecule has 1 aliphatic heterocycles. The normalized spacial score (nSPS) is 19.4. The van der Waals surface area contributed by atoms with Crippen molar-refractivity contribution in [3.05, 3.63) is 35.4 Å². The molecular weight excluding hydrogens is 292 g/mol. The monoisotopic (exact) mass is 320 g/mol. The number of rotatable bonds is 6. The predicted octanol–water partition coefficient (Wildman–Crippen LogP) is 2.37. The molecule has 5 nitrogen and oxygen atoms in total. The second-order valence-corrected chi connectivity index (χ2v) is 6.14. The molecule has 0 spiro atoms. The first-order valence-electron chi connectivity index (χ1n) is 8.34. The fourth-order valence-corrected chi connectivity index (χ4v) is 2.76. The van der Waals surface area contributed by atoms with E-state index in [0.717, 1.165) is 12.8 Å². The summed E-state index contributed by atoms with van der Waals surface area (Å²) in [4.78, 5) is 14.3. The lowest BCUT2D eigenvalue weighted by molar-refractivity contribution is -0.0496. The standard InChI is InChI=1S/C18H28N2O3/c1-4-16(11-15-7-5-14(2)6-8-15)19-18(21)20-9-10-23-17(12-20)13-22-3/h5-8,16-17H,4,9-13H2,1-3H3,(H,19,21)/t16-,17+/m0/s1. The van der Waals surface area contributed by atoms with Crippen molar-refractivity contribution in [2.45, 2.75) is 38.8 Å². The van der Waals surface area contributed by atoms with Crippen molar-refractivity contribution in [1.29, 1.82) is 0 Å². The Hall–Kier alpha value is -1.59. The van der Waals surface area contributed by atoms with Crippen LogP contribution in [0.15, 0.2) is 24.3 Å². The van der Waals surface area contributed by atoms with E-state index in [9.17, 15) is 4.79 Å². The summed E-state index contributed by atoms with van der Waals surface area (Å²) < 4.78 is 10.7. The maximum absolute atomic E-state index is 12.5. The summed E-state index contributed by atoms with van der Waals surface area (Å²) in [6.45, 7) is 6.48. The van der Waals surface area contributed by atoms with E-state index < -0.39 is 0 Å². The number of hydrogen-bond acceptors (Lipinski definition) is 3. The molecule has 5 heteroatoms. The number of methoxy groups -OCH3 is 1. The van der Waals surface area contributed by atoms with Crippen molar-refractivity contribution in [2.75, 3.05) is 33.4 Å². The largest absolute Gasteiger partial charge is 0.382 e. The maximum atomic E-state index is 12.5. The molecule has 23 heavy (non-hydrogen) atoms. The molecule has 1 fully saturated rings. The molecule has 0 bridgehead atoms. The molecule has 1 N–H and O–H groups in total.